The molecule has 0 aliphatic carbocycles. The first-order valence-corrected chi connectivity index (χ1v) is 10.6. The van der Waals surface area contributed by atoms with E-state index in [0.29, 0.717) is 12.5 Å². The van der Waals surface area contributed by atoms with Crippen LogP contribution in [0.25, 0.3) is 22.3 Å². The summed E-state index contributed by atoms with van der Waals surface area (Å²) in [6.45, 7) is 6.94. The molecule has 2 aromatic heterocycles. The molecule has 5 nitrogen and oxygen atoms in total. The van der Waals surface area contributed by atoms with E-state index < -0.39 is 0 Å². The van der Waals surface area contributed by atoms with Gasteiger partial charge in [-0.25, -0.2) is 9.97 Å². The summed E-state index contributed by atoms with van der Waals surface area (Å²) in [5, 5.41) is 1.05. The number of fused-ring (bicyclic) bond motifs is 1. The lowest BCUT2D eigenvalue weighted by Gasteiger charge is -2.29. The maximum Gasteiger partial charge on any atom is 0.160 e. The zero-order chi connectivity index (χ0) is 21.3. The minimum atomic E-state index is 0.435. The number of pyridine rings is 2. The topological polar surface area (TPSA) is 47.5 Å². The Balaban J connectivity index is 1.86. The van der Waals surface area contributed by atoms with E-state index in [1.807, 2.05) is 0 Å². The quantitative estimate of drug-likeness (QED) is 0.606. The number of hydrogen-bond donors (Lipinski definition) is 0. The lowest BCUT2D eigenvalue weighted by Crippen LogP contribution is -2.31. The Morgan fingerprint density at radius 1 is 1.10 bits per heavy atom. The molecule has 3 heterocycles. The molecule has 0 radical (unpaired) electrons. The van der Waals surface area contributed by atoms with Crippen LogP contribution in [-0.2, 0) is 11.3 Å². The van der Waals surface area contributed by atoms with Gasteiger partial charge in [0, 0.05) is 36.2 Å². The van der Waals surface area contributed by atoms with Crippen molar-refractivity contribution in [1.29, 1.82) is 0 Å². The monoisotopic (exact) mass is 405 g/mol. The zero-order valence-corrected chi connectivity index (χ0v) is 18.7. The third kappa shape index (κ3) is 4.05. The van der Waals surface area contributed by atoms with Crippen molar-refractivity contribution >= 4 is 11.0 Å². The molecular formula is C25H31N3O2. The van der Waals surface area contributed by atoms with E-state index in [4.69, 9.17) is 19.4 Å². The Kier molecular flexibility index (Phi) is 6.02. The van der Waals surface area contributed by atoms with Crippen LogP contribution in [0.5, 0.6) is 5.75 Å². The summed E-state index contributed by atoms with van der Waals surface area (Å²) >= 11 is 0. The van der Waals surface area contributed by atoms with Gasteiger partial charge in [0.15, 0.2) is 5.65 Å². The Labute approximate surface area is 179 Å². The average molecular weight is 406 g/mol. The van der Waals surface area contributed by atoms with Crippen molar-refractivity contribution in [3.05, 3.63) is 52.7 Å². The van der Waals surface area contributed by atoms with Crippen molar-refractivity contribution in [2.75, 3.05) is 34.4 Å². The summed E-state index contributed by atoms with van der Waals surface area (Å²) in [6.07, 6.45) is 2.37. The Bertz CT molecular complexity index is 1060. The molecule has 1 aliphatic heterocycles. The molecular weight excluding hydrogens is 374 g/mol. The van der Waals surface area contributed by atoms with E-state index >= 15 is 0 Å². The lowest BCUT2D eigenvalue weighted by molar-refractivity contribution is 0.185. The highest BCUT2D eigenvalue weighted by Crippen LogP contribution is 2.35. The molecule has 0 N–H and O–H groups in total. The number of rotatable bonds is 5. The van der Waals surface area contributed by atoms with Gasteiger partial charge < -0.3 is 14.4 Å². The number of aromatic nitrogens is 2. The molecule has 1 fully saturated rings. The summed E-state index contributed by atoms with van der Waals surface area (Å²) in [7, 11) is 5.64. The van der Waals surface area contributed by atoms with Gasteiger partial charge in [-0.2, -0.15) is 0 Å². The fraction of sp³-hybridized carbons (Fsp3) is 0.440. The fourth-order valence-corrected chi connectivity index (χ4v) is 4.64. The summed E-state index contributed by atoms with van der Waals surface area (Å²) in [4.78, 5) is 12.4. The molecule has 1 unspecified atom stereocenters. The second kappa shape index (κ2) is 8.70. The van der Waals surface area contributed by atoms with Gasteiger partial charge in [-0.15, -0.1) is 0 Å². The van der Waals surface area contributed by atoms with Gasteiger partial charge in [0.05, 0.1) is 19.4 Å². The highest BCUT2D eigenvalue weighted by molar-refractivity contribution is 5.83. The Morgan fingerprint density at radius 2 is 1.93 bits per heavy atom. The minimum absolute atomic E-state index is 0.435. The number of likely N-dealkylation sites (tertiary alicyclic amines) is 1. The number of methoxy groups -OCH3 is 2. The normalized spacial score (nSPS) is 17.4. The summed E-state index contributed by atoms with van der Waals surface area (Å²) in [5.41, 5.74) is 7.32. The number of aryl methyl sites for hydroxylation is 2. The average Bonchev–Trinajstić information content (AvgIpc) is 2.72. The first-order chi connectivity index (χ1) is 14.5. The van der Waals surface area contributed by atoms with Crippen LogP contribution in [0.1, 0.15) is 41.1 Å². The summed E-state index contributed by atoms with van der Waals surface area (Å²) in [6, 6.07) is 10.6. The molecule has 1 saturated heterocycles. The highest BCUT2D eigenvalue weighted by Gasteiger charge is 2.22. The highest BCUT2D eigenvalue weighted by atomic mass is 16.5. The Morgan fingerprint density at radius 3 is 2.67 bits per heavy atom. The molecule has 0 spiro atoms. The second-order valence-electron chi connectivity index (χ2n) is 8.47. The molecule has 0 bridgehead atoms. The van der Waals surface area contributed by atoms with Gasteiger partial charge in [0.2, 0.25) is 0 Å². The van der Waals surface area contributed by atoms with Crippen molar-refractivity contribution in [2.45, 2.75) is 39.2 Å². The van der Waals surface area contributed by atoms with E-state index in [1.54, 1.807) is 14.2 Å². The van der Waals surface area contributed by atoms with Crippen LogP contribution < -0.4 is 4.74 Å². The van der Waals surface area contributed by atoms with Crippen LogP contribution in [0.15, 0.2) is 30.3 Å². The number of ether oxygens (including phenoxy) is 2. The summed E-state index contributed by atoms with van der Waals surface area (Å²) in [5.74, 6) is 1.28. The van der Waals surface area contributed by atoms with E-state index in [9.17, 15) is 0 Å². The molecule has 1 atom stereocenters. The van der Waals surface area contributed by atoms with E-state index in [1.165, 1.54) is 18.4 Å². The SMILES string of the molecule is COCc1cc(C2CCCN(C)C2)nc2nc(-c3c(C)cc(C)cc3OC)ccc12. The predicted octanol–water partition coefficient (Wildman–Crippen LogP) is 4.88. The number of benzene rings is 1. The maximum absolute atomic E-state index is 5.68. The van der Waals surface area contributed by atoms with Crippen LogP contribution >= 0.6 is 0 Å². The summed E-state index contributed by atoms with van der Waals surface area (Å²) < 4.78 is 11.2. The van der Waals surface area contributed by atoms with Gasteiger partial charge in [-0.1, -0.05) is 6.07 Å². The van der Waals surface area contributed by atoms with Gasteiger partial charge in [-0.3, -0.25) is 0 Å². The minimum Gasteiger partial charge on any atom is -0.496 e. The van der Waals surface area contributed by atoms with Gasteiger partial charge >= 0.3 is 0 Å². The molecule has 5 heteroatoms. The fourth-order valence-electron chi connectivity index (χ4n) is 4.64. The molecule has 30 heavy (non-hydrogen) atoms. The first kappa shape index (κ1) is 20.8. The maximum atomic E-state index is 5.68. The zero-order valence-electron chi connectivity index (χ0n) is 18.7. The van der Waals surface area contributed by atoms with Gasteiger partial charge in [-0.05, 0) is 81.2 Å². The van der Waals surface area contributed by atoms with Crippen molar-refractivity contribution < 1.29 is 9.47 Å². The van der Waals surface area contributed by atoms with Crippen LogP contribution in [0.2, 0.25) is 0 Å². The van der Waals surface area contributed by atoms with Crippen molar-refractivity contribution in [2.24, 2.45) is 0 Å². The third-order valence-corrected chi connectivity index (χ3v) is 6.04. The van der Waals surface area contributed by atoms with Crippen molar-refractivity contribution in [3.63, 3.8) is 0 Å². The second-order valence-corrected chi connectivity index (χ2v) is 8.47. The van der Waals surface area contributed by atoms with E-state index in [0.717, 1.165) is 58.0 Å². The molecule has 0 saturated carbocycles. The smallest absolute Gasteiger partial charge is 0.160 e. The van der Waals surface area contributed by atoms with Crippen LogP contribution in [0.4, 0.5) is 0 Å². The predicted molar refractivity (Wildman–Crippen MR) is 121 cm³/mol. The molecule has 0 amide bonds. The van der Waals surface area contributed by atoms with Gasteiger partial charge in [0.1, 0.15) is 5.75 Å². The van der Waals surface area contributed by atoms with Crippen molar-refractivity contribution in [3.8, 4) is 17.0 Å². The first-order valence-electron chi connectivity index (χ1n) is 10.6. The largest absolute Gasteiger partial charge is 0.496 e. The number of piperidine rings is 1. The molecule has 1 aromatic carbocycles. The van der Waals surface area contributed by atoms with Gasteiger partial charge in [0.25, 0.3) is 0 Å². The molecule has 158 valence electrons. The number of likely N-dealkylation sites (N-methyl/N-ethyl adjacent to an activating group) is 1. The number of nitrogens with zero attached hydrogens (tertiary/aromatic N) is 3. The molecule has 4 rings (SSSR count). The van der Waals surface area contributed by atoms with E-state index in [2.05, 4.69) is 56.1 Å². The number of hydrogen-bond acceptors (Lipinski definition) is 5. The van der Waals surface area contributed by atoms with Crippen LogP contribution in [0.3, 0.4) is 0 Å². The lowest BCUT2D eigenvalue weighted by atomic mass is 9.93. The van der Waals surface area contributed by atoms with Crippen LogP contribution in [0, 0.1) is 13.8 Å². The molecule has 3 aromatic rings. The van der Waals surface area contributed by atoms with E-state index in [-0.39, 0.29) is 0 Å². The third-order valence-electron chi connectivity index (χ3n) is 6.04. The Hall–Kier alpha value is -2.50. The molecule has 1 aliphatic rings. The van der Waals surface area contributed by atoms with Crippen molar-refractivity contribution in [1.82, 2.24) is 14.9 Å². The standard InChI is InChI=1S/C25H31N3O2/c1-16-11-17(2)24(23(12-16)30-5)21-9-8-20-19(15-29-4)13-22(27-25(20)26-21)18-7-6-10-28(3)14-18/h8-9,11-13,18H,6-7,10,14-15H2,1-5H3. The van der Waals surface area contributed by atoms with Crippen LogP contribution in [-0.4, -0.2) is 49.2 Å².